The summed E-state index contributed by atoms with van der Waals surface area (Å²) in [5.41, 5.74) is 0.395. The fourth-order valence-electron chi connectivity index (χ4n) is 3.60. The number of hydrogen-bond acceptors (Lipinski definition) is 2. The summed E-state index contributed by atoms with van der Waals surface area (Å²) in [7, 11) is 0. The molecule has 0 spiro atoms. The van der Waals surface area contributed by atoms with Crippen LogP contribution in [0.2, 0.25) is 0 Å². The summed E-state index contributed by atoms with van der Waals surface area (Å²) in [6.45, 7) is 7.27. The lowest BCUT2D eigenvalue weighted by Gasteiger charge is -2.31. The SMILES string of the molecule is CC(C)(C)C1CCCC(N(CC(=O)O)C2CC2)CC1. The highest BCUT2D eigenvalue weighted by molar-refractivity contribution is 5.69. The lowest BCUT2D eigenvalue weighted by molar-refractivity contribution is -0.139. The van der Waals surface area contributed by atoms with Crippen molar-refractivity contribution >= 4 is 5.97 Å². The second-order valence-corrected chi connectivity index (χ2v) is 7.52. The molecule has 2 aliphatic rings. The highest BCUT2D eigenvalue weighted by atomic mass is 16.4. The summed E-state index contributed by atoms with van der Waals surface area (Å²) < 4.78 is 0. The molecule has 2 fully saturated rings. The van der Waals surface area contributed by atoms with Crippen molar-refractivity contribution in [1.82, 2.24) is 4.90 Å². The maximum Gasteiger partial charge on any atom is 0.317 e. The quantitative estimate of drug-likeness (QED) is 0.792. The van der Waals surface area contributed by atoms with E-state index in [-0.39, 0.29) is 6.54 Å². The van der Waals surface area contributed by atoms with Crippen LogP contribution in [-0.4, -0.2) is 34.6 Å². The second-order valence-electron chi connectivity index (χ2n) is 7.52. The van der Waals surface area contributed by atoms with Crippen molar-refractivity contribution in [2.75, 3.05) is 6.54 Å². The van der Waals surface area contributed by atoms with Gasteiger partial charge in [0, 0.05) is 12.1 Å². The molecule has 0 aliphatic heterocycles. The van der Waals surface area contributed by atoms with Gasteiger partial charge in [-0.15, -0.1) is 0 Å². The van der Waals surface area contributed by atoms with E-state index < -0.39 is 5.97 Å². The van der Waals surface area contributed by atoms with Crippen molar-refractivity contribution in [2.24, 2.45) is 11.3 Å². The van der Waals surface area contributed by atoms with Crippen LogP contribution in [0.3, 0.4) is 0 Å². The number of aliphatic carboxylic acids is 1. The van der Waals surface area contributed by atoms with Crippen LogP contribution in [0.5, 0.6) is 0 Å². The Morgan fingerprint density at radius 2 is 1.63 bits per heavy atom. The summed E-state index contributed by atoms with van der Waals surface area (Å²) in [6.07, 6.45) is 8.61. The lowest BCUT2D eigenvalue weighted by atomic mass is 9.76. The van der Waals surface area contributed by atoms with E-state index in [9.17, 15) is 4.79 Å². The predicted octanol–water partition coefficient (Wildman–Crippen LogP) is 3.53. The molecule has 2 aliphatic carbocycles. The molecule has 2 rings (SSSR count). The zero-order valence-corrected chi connectivity index (χ0v) is 12.7. The molecule has 0 bridgehead atoms. The van der Waals surface area contributed by atoms with Gasteiger partial charge in [-0.2, -0.15) is 0 Å². The van der Waals surface area contributed by atoms with Crippen LogP contribution in [0.1, 0.15) is 65.7 Å². The van der Waals surface area contributed by atoms with Gasteiger partial charge < -0.3 is 5.11 Å². The third-order valence-electron chi connectivity index (χ3n) is 4.97. The van der Waals surface area contributed by atoms with E-state index in [0.717, 1.165) is 5.92 Å². The Balaban J connectivity index is 1.95. The van der Waals surface area contributed by atoms with Crippen LogP contribution >= 0.6 is 0 Å². The van der Waals surface area contributed by atoms with E-state index in [1.165, 1.54) is 44.9 Å². The summed E-state index contributed by atoms with van der Waals surface area (Å²) in [5, 5.41) is 9.10. The molecule has 0 radical (unpaired) electrons. The van der Waals surface area contributed by atoms with E-state index in [1.807, 2.05) is 0 Å². The van der Waals surface area contributed by atoms with E-state index in [1.54, 1.807) is 0 Å². The number of carboxylic acid groups (broad SMARTS) is 1. The van der Waals surface area contributed by atoms with Gasteiger partial charge >= 0.3 is 5.97 Å². The predicted molar refractivity (Wildman–Crippen MR) is 77.2 cm³/mol. The first-order valence-electron chi connectivity index (χ1n) is 7.85. The van der Waals surface area contributed by atoms with Gasteiger partial charge in [-0.1, -0.05) is 27.2 Å². The van der Waals surface area contributed by atoms with Crippen LogP contribution in [0.15, 0.2) is 0 Å². The van der Waals surface area contributed by atoms with Gasteiger partial charge in [-0.25, -0.2) is 0 Å². The summed E-state index contributed by atoms with van der Waals surface area (Å²) in [4.78, 5) is 13.3. The van der Waals surface area contributed by atoms with Crippen LogP contribution in [0.4, 0.5) is 0 Å². The van der Waals surface area contributed by atoms with E-state index >= 15 is 0 Å². The number of hydrogen-bond donors (Lipinski definition) is 1. The largest absolute Gasteiger partial charge is 0.480 e. The average molecular weight is 267 g/mol. The standard InChI is InChI=1S/C16H29NO2/c1-16(2,3)12-5-4-6-13(8-7-12)17(11-15(18)19)14-9-10-14/h12-14H,4-11H2,1-3H3,(H,18,19). The van der Waals surface area contributed by atoms with E-state index in [0.29, 0.717) is 17.5 Å². The van der Waals surface area contributed by atoms with Crippen LogP contribution in [0, 0.1) is 11.3 Å². The highest BCUT2D eigenvalue weighted by Crippen LogP contribution is 2.39. The fraction of sp³-hybridized carbons (Fsp3) is 0.938. The third kappa shape index (κ3) is 4.20. The summed E-state index contributed by atoms with van der Waals surface area (Å²) >= 11 is 0. The van der Waals surface area contributed by atoms with E-state index in [2.05, 4.69) is 25.7 Å². The number of carboxylic acids is 1. The Kier molecular flexibility index (Phi) is 4.54. The third-order valence-corrected chi connectivity index (χ3v) is 4.97. The van der Waals surface area contributed by atoms with Crippen molar-refractivity contribution in [3.8, 4) is 0 Å². The Morgan fingerprint density at radius 1 is 1.05 bits per heavy atom. The second kappa shape index (κ2) is 5.82. The average Bonchev–Trinajstić information content (AvgIpc) is 3.11. The Morgan fingerprint density at radius 3 is 2.16 bits per heavy atom. The van der Waals surface area contributed by atoms with Gasteiger partial charge in [0.15, 0.2) is 0 Å². The lowest BCUT2D eigenvalue weighted by Crippen LogP contribution is -2.40. The minimum Gasteiger partial charge on any atom is -0.480 e. The van der Waals surface area contributed by atoms with Gasteiger partial charge in [-0.3, -0.25) is 9.69 Å². The molecule has 0 aromatic rings. The van der Waals surface area contributed by atoms with Gasteiger partial charge in [0.05, 0.1) is 6.54 Å². The fourth-order valence-corrected chi connectivity index (χ4v) is 3.60. The number of nitrogens with zero attached hydrogens (tertiary/aromatic N) is 1. The van der Waals surface area contributed by atoms with Crippen LogP contribution in [0.25, 0.3) is 0 Å². The smallest absolute Gasteiger partial charge is 0.317 e. The molecular formula is C16H29NO2. The molecule has 0 heterocycles. The summed E-state index contributed by atoms with van der Waals surface area (Å²) in [6, 6.07) is 1.07. The first-order valence-corrected chi connectivity index (χ1v) is 7.85. The zero-order valence-electron chi connectivity index (χ0n) is 12.7. The molecule has 3 heteroatoms. The van der Waals surface area contributed by atoms with Gasteiger partial charge in [0.1, 0.15) is 0 Å². The Labute approximate surface area is 117 Å². The molecular weight excluding hydrogens is 238 g/mol. The molecule has 0 aromatic carbocycles. The monoisotopic (exact) mass is 267 g/mol. The Bertz CT molecular complexity index is 317. The first kappa shape index (κ1) is 14.8. The van der Waals surface area contributed by atoms with Crippen molar-refractivity contribution in [1.29, 1.82) is 0 Å². The molecule has 1 N–H and O–H groups in total. The zero-order chi connectivity index (χ0) is 14.0. The van der Waals surface area contributed by atoms with Crippen LogP contribution in [-0.2, 0) is 4.79 Å². The van der Waals surface area contributed by atoms with Gasteiger partial charge in [0.2, 0.25) is 0 Å². The van der Waals surface area contributed by atoms with Crippen molar-refractivity contribution in [2.45, 2.75) is 77.8 Å². The maximum atomic E-state index is 11.1. The number of rotatable bonds is 4. The van der Waals surface area contributed by atoms with Crippen molar-refractivity contribution < 1.29 is 9.90 Å². The number of carbonyl (C=O) groups is 1. The first-order chi connectivity index (χ1) is 8.88. The van der Waals surface area contributed by atoms with Gasteiger partial charge in [-0.05, 0) is 49.9 Å². The minimum absolute atomic E-state index is 0.246. The molecule has 2 saturated carbocycles. The maximum absolute atomic E-state index is 11.1. The molecule has 0 saturated heterocycles. The molecule has 2 unspecified atom stereocenters. The van der Waals surface area contributed by atoms with Crippen molar-refractivity contribution in [3.63, 3.8) is 0 Å². The molecule has 0 aromatic heterocycles. The normalized spacial score (nSPS) is 29.3. The molecule has 3 nitrogen and oxygen atoms in total. The molecule has 110 valence electrons. The topological polar surface area (TPSA) is 40.5 Å². The molecule has 2 atom stereocenters. The van der Waals surface area contributed by atoms with E-state index in [4.69, 9.17) is 5.11 Å². The minimum atomic E-state index is -0.663. The van der Waals surface area contributed by atoms with Crippen LogP contribution < -0.4 is 0 Å². The van der Waals surface area contributed by atoms with Crippen molar-refractivity contribution in [3.05, 3.63) is 0 Å². The highest BCUT2D eigenvalue weighted by Gasteiger charge is 2.37. The Hall–Kier alpha value is -0.570. The molecule has 19 heavy (non-hydrogen) atoms. The van der Waals surface area contributed by atoms with Gasteiger partial charge in [0.25, 0.3) is 0 Å². The summed E-state index contributed by atoms with van der Waals surface area (Å²) in [5.74, 6) is 0.131. The molecule has 0 amide bonds.